The largest absolute Gasteiger partial charge is 0.356 e. The summed E-state index contributed by atoms with van der Waals surface area (Å²) in [4.78, 5) is 17.7. The van der Waals surface area contributed by atoms with Crippen LogP contribution in [0.1, 0.15) is 19.3 Å². The van der Waals surface area contributed by atoms with Crippen molar-refractivity contribution in [3.8, 4) is 22.6 Å². The van der Waals surface area contributed by atoms with Gasteiger partial charge in [0.1, 0.15) is 16.3 Å². The third kappa shape index (κ3) is 4.96. The Morgan fingerprint density at radius 2 is 1.88 bits per heavy atom. The van der Waals surface area contributed by atoms with Crippen LogP contribution in [0.4, 0.5) is 5.82 Å². The molecule has 2 N–H and O–H groups in total. The normalized spacial score (nSPS) is 15.7. The van der Waals surface area contributed by atoms with Gasteiger partial charge >= 0.3 is 0 Å². The minimum atomic E-state index is -1.94. The highest BCUT2D eigenvalue weighted by Crippen LogP contribution is 2.40. The number of rotatable bonds is 7. The van der Waals surface area contributed by atoms with Crippen molar-refractivity contribution in [1.82, 2.24) is 19.7 Å². The van der Waals surface area contributed by atoms with Crippen molar-refractivity contribution < 1.29 is 8.76 Å². The van der Waals surface area contributed by atoms with E-state index < -0.39 is 11.3 Å². The fraction of sp³-hybridized carbons (Fsp3) is 0.292. The average Bonchev–Trinajstić information content (AvgIpc) is 3.29. The predicted octanol–water partition coefficient (Wildman–Crippen LogP) is 4.75. The maximum atomic E-state index is 10.8. The molecule has 7 nitrogen and oxygen atoms in total. The molecule has 1 unspecified atom stereocenters. The zero-order chi connectivity index (χ0) is 22.6. The molecule has 0 aliphatic carbocycles. The van der Waals surface area contributed by atoms with Gasteiger partial charge in [-0.15, -0.1) is 11.3 Å². The number of aromatic nitrogens is 3. The fourth-order valence-corrected chi connectivity index (χ4v) is 5.61. The molecule has 0 saturated carbocycles. The standard InChI is InChI=1S/C24H25N5O2S2/c30-33(31)26-13-9-17-10-14-29(15-11-17)23-21-19(18-6-2-1-3-7-18)16-32-24(21)28-22(27-23)20-8-4-5-12-25-20/h1-8,12,16-17,26H,9-11,13-15H2,(H,30,31). The Morgan fingerprint density at radius 3 is 2.61 bits per heavy atom. The summed E-state index contributed by atoms with van der Waals surface area (Å²) in [5.74, 6) is 2.14. The Labute approximate surface area is 199 Å². The third-order valence-electron chi connectivity index (χ3n) is 6.09. The van der Waals surface area contributed by atoms with Crippen LogP contribution in [0.3, 0.4) is 0 Å². The Morgan fingerprint density at radius 1 is 1.09 bits per heavy atom. The summed E-state index contributed by atoms with van der Waals surface area (Å²) in [6.07, 6.45) is 4.71. The molecule has 1 fully saturated rings. The van der Waals surface area contributed by atoms with E-state index in [1.54, 1.807) is 17.5 Å². The third-order valence-corrected chi connectivity index (χ3v) is 7.41. The first-order valence-corrected chi connectivity index (χ1v) is 13.0. The van der Waals surface area contributed by atoms with E-state index >= 15 is 0 Å². The number of nitrogens with zero attached hydrogens (tertiary/aromatic N) is 4. The van der Waals surface area contributed by atoms with Gasteiger partial charge < -0.3 is 4.90 Å². The van der Waals surface area contributed by atoms with E-state index in [-0.39, 0.29) is 0 Å². The maximum absolute atomic E-state index is 10.8. The first kappa shape index (κ1) is 22.1. The first-order valence-electron chi connectivity index (χ1n) is 11.0. The van der Waals surface area contributed by atoms with Crippen LogP contribution in [0, 0.1) is 5.92 Å². The SMILES string of the molecule is O=S(O)NCCC1CCN(c2nc(-c3ccccn3)nc3scc(-c4ccccc4)c23)CC1. The Kier molecular flexibility index (Phi) is 6.73. The van der Waals surface area contributed by atoms with Gasteiger partial charge in [-0.05, 0) is 42.9 Å². The van der Waals surface area contributed by atoms with E-state index in [0.717, 1.165) is 65.2 Å². The Balaban J connectivity index is 1.49. The number of pyridine rings is 1. The maximum Gasteiger partial charge on any atom is 0.231 e. The number of anilines is 1. The van der Waals surface area contributed by atoms with Gasteiger partial charge in [-0.1, -0.05) is 36.4 Å². The number of piperidine rings is 1. The van der Waals surface area contributed by atoms with Gasteiger partial charge in [-0.2, -0.15) is 0 Å². The molecule has 1 saturated heterocycles. The summed E-state index contributed by atoms with van der Waals surface area (Å²) >= 11 is -0.298. The fourth-order valence-electron chi connectivity index (χ4n) is 4.38. The van der Waals surface area contributed by atoms with E-state index in [4.69, 9.17) is 14.5 Å². The highest BCUT2D eigenvalue weighted by molar-refractivity contribution is 7.77. The van der Waals surface area contributed by atoms with E-state index in [9.17, 15) is 4.21 Å². The number of hydrogen-bond donors (Lipinski definition) is 2. The topological polar surface area (TPSA) is 91.2 Å². The van der Waals surface area contributed by atoms with Crippen molar-refractivity contribution in [3.63, 3.8) is 0 Å². The molecular formula is C24H25N5O2S2. The monoisotopic (exact) mass is 479 g/mol. The molecule has 1 aliphatic heterocycles. The Bertz CT molecular complexity index is 1240. The van der Waals surface area contributed by atoms with E-state index in [1.165, 1.54) is 0 Å². The van der Waals surface area contributed by atoms with Gasteiger partial charge in [-0.25, -0.2) is 18.9 Å². The molecule has 0 amide bonds. The molecule has 1 atom stereocenters. The lowest BCUT2D eigenvalue weighted by Gasteiger charge is -2.33. The second kappa shape index (κ2) is 10.0. The summed E-state index contributed by atoms with van der Waals surface area (Å²) in [7, 11) is 0. The molecule has 0 spiro atoms. The number of fused-ring (bicyclic) bond motifs is 1. The van der Waals surface area contributed by atoms with Gasteiger partial charge in [-0.3, -0.25) is 9.54 Å². The van der Waals surface area contributed by atoms with E-state index in [1.807, 2.05) is 24.3 Å². The van der Waals surface area contributed by atoms with E-state index in [0.29, 0.717) is 18.3 Å². The van der Waals surface area contributed by atoms with Crippen molar-refractivity contribution in [1.29, 1.82) is 0 Å². The van der Waals surface area contributed by atoms with Gasteiger partial charge in [0.15, 0.2) is 5.82 Å². The average molecular weight is 480 g/mol. The van der Waals surface area contributed by atoms with Crippen molar-refractivity contribution in [2.45, 2.75) is 19.3 Å². The molecule has 0 bridgehead atoms. The first-order chi connectivity index (χ1) is 16.2. The lowest BCUT2D eigenvalue weighted by atomic mass is 9.93. The second-order valence-corrected chi connectivity index (χ2v) is 9.79. The quantitative estimate of drug-likeness (QED) is 0.372. The molecule has 1 aliphatic rings. The van der Waals surface area contributed by atoms with Crippen molar-refractivity contribution in [3.05, 3.63) is 60.1 Å². The summed E-state index contributed by atoms with van der Waals surface area (Å²) in [5, 5.41) is 3.27. The number of hydrogen-bond acceptors (Lipinski definition) is 6. The molecule has 3 aromatic heterocycles. The van der Waals surface area contributed by atoms with Crippen molar-refractivity contribution in [2.24, 2.45) is 5.92 Å². The molecule has 170 valence electrons. The molecule has 0 radical (unpaired) electrons. The summed E-state index contributed by atoms with van der Waals surface area (Å²) in [5.41, 5.74) is 3.10. The highest BCUT2D eigenvalue weighted by atomic mass is 32.2. The van der Waals surface area contributed by atoms with Crippen molar-refractivity contribution >= 4 is 38.6 Å². The molecule has 1 aromatic carbocycles. The van der Waals surface area contributed by atoms with Crippen LogP contribution in [-0.2, 0) is 11.3 Å². The molecule has 9 heteroatoms. The van der Waals surface area contributed by atoms with Crippen molar-refractivity contribution in [2.75, 3.05) is 24.5 Å². The van der Waals surface area contributed by atoms with E-state index in [2.05, 4.69) is 44.3 Å². The van der Waals surface area contributed by atoms with Gasteiger partial charge in [0.2, 0.25) is 11.3 Å². The lowest BCUT2D eigenvalue weighted by molar-refractivity contribution is 0.380. The minimum Gasteiger partial charge on any atom is -0.356 e. The van der Waals surface area contributed by atoms with Gasteiger partial charge in [0.05, 0.1) is 5.39 Å². The van der Waals surface area contributed by atoms with Crippen LogP contribution in [0.15, 0.2) is 60.1 Å². The van der Waals surface area contributed by atoms with Crippen LogP contribution in [0.5, 0.6) is 0 Å². The number of nitrogens with one attached hydrogen (secondary N) is 1. The highest BCUT2D eigenvalue weighted by Gasteiger charge is 2.25. The smallest absolute Gasteiger partial charge is 0.231 e. The molecule has 5 rings (SSSR count). The van der Waals surface area contributed by atoms with Crippen LogP contribution in [0.25, 0.3) is 32.9 Å². The van der Waals surface area contributed by atoms with Crippen LogP contribution in [-0.4, -0.2) is 43.3 Å². The molecular weight excluding hydrogens is 454 g/mol. The van der Waals surface area contributed by atoms with Gasteiger partial charge in [0, 0.05) is 36.8 Å². The van der Waals surface area contributed by atoms with Crippen LogP contribution < -0.4 is 9.62 Å². The summed E-state index contributed by atoms with van der Waals surface area (Å²) in [6.45, 7) is 2.34. The zero-order valence-electron chi connectivity index (χ0n) is 18.1. The molecule has 4 heterocycles. The summed E-state index contributed by atoms with van der Waals surface area (Å²) < 4.78 is 22.4. The van der Waals surface area contributed by atoms with Gasteiger partial charge in [0.25, 0.3) is 0 Å². The predicted molar refractivity (Wildman–Crippen MR) is 134 cm³/mol. The number of benzene rings is 1. The number of thiophene rings is 1. The van der Waals surface area contributed by atoms with Crippen LogP contribution in [0.2, 0.25) is 0 Å². The second-order valence-electron chi connectivity index (χ2n) is 8.14. The van der Waals surface area contributed by atoms with Crippen LogP contribution >= 0.6 is 11.3 Å². The minimum absolute atomic E-state index is 0.529. The molecule has 33 heavy (non-hydrogen) atoms. The summed E-state index contributed by atoms with van der Waals surface area (Å²) in [6, 6.07) is 16.2. The Hall–Kier alpha value is -2.72. The lowest BCUT2D eigenvalue weighted by Crippen LogP contribution is -2.35. The zero-order valence-corrected chi connectivity index (χ0v) is 19.7. The molecule has 4 aromatic rings.